The van der Waals surface area contributed by atoms with E-state index in [0.29, 0.717) is 0 Å². The second kappa shape index (κ2) is 14.8. The van der Waals surface area contributed by atoms with Crippen LogP contribution < -0.4 is 0 Å². The molecule has 38 heavy (non-hydrogen) atoms. The number of rotatable bonds is 16. The van der Waals surface area contributed by atoms with Crippen molar-refractivity contribution in [3.63, 3.8) is 0 Å². The van der Waals surface area contributed by atoms with E-state index >= 15 is 0 Å². The van der Waals surface area contributed by atoms with Crippen LogP contribution in [0.3, 0.4) is 0 Å². The first-order chi connectivity index (χ1) is 18.6. The van der Waals surface area contributed by atoms with Crippen LogP contribution in [0.1, 0.15) is 47.9 Å². The van der Waals surface area contributed by atoms with E-state index in [0.717, 1.165) is 0 Å². The molecule has 4 rings (SSSR count). The van der Waals surface area contributed by atoms with Crippen LogP contribution in [-0.4, -0.2) is 24.6 Å². The van der Waals surface area contributed by atoms with Crippen molar-refractivity contribution in [2.75, 3.05) is 24.6 Å². The average molecular weight is 588 g/mol. The van der Waals surface area contributed by atoms with Crippen molar-refractivity contribution in [3.8, 4) is 0 Å². The van der Waals surface area contributed by atoms with Gasteiger partial charge in [0.15, 0.2) is 0 Å². The molecule has 0 N–H and O–H groups in total. The minimum atomic E-state index is -2.10. The number of hydrogen-bond donors (Lipinski definition) is 0. The summed E-state index contributed by atoms with van der Waals surface area (Å²) in [5.74, 6) is 0. The monoisotopic (exact) mass is 586 g/mol. The molecule has 0 atom stereocenters. The zero-order valence-corrected chi connectivity index (χ0v) is 25.3. The Morgan fingerprint density at radius 2 is 0.553 bits per heavy atom. The van der Waals surface area contributed by atoms with Gasteiger partial charge in [0.25, 0.3) is 0 Å². The molecule has 4 aromatic rings. The first-order valence-electron chi connectivity index (χ1n) is 14.5. The fraction of sp³-hybridized carbons (Fsp3) is 0.333. The number of aryl methyl sites for hydroxylation is 4. The number of halogens is 1. The van der Waals surface area contributed by atoms with E-state index in [-0.39, 0.29) is 0 Å². The van der Waals surface area contributed by atoms with E-state index in [1.54, 1.807) is 0 Å². The van der Waals surface area contributed by atoms with E-state index in [4.69, 9.17) is 15.5 Å². The van der Waals surface area contributed by atoms with Gasteiger partial charge >= 0.3 is 240 Å². The van der Waals surface area contributed by atoms with Crippen LogP contribution in [0.15, 0.2) is 121 Å². The zero-order valence-electron chi connectivity index (χ0n) is 22.9. The van der Waals surface area contributed by atoms with Crippen molar-refractivity contribution >= 4 is 20.8 Å². The van der Waals surface area contributed by atoms with Crippen LogP contribution >= 0.6 is 20.8 Å². The van der Waals surface area contributed by atoms with Gasteiger partial charge in [-0.1, -0.05) is 0 Å². The van der Waals surface area contributed by atoms with Gasteiger partial charge in [0, 0.05) is 0 Å². The summed E-state index contributed by atoms with van der Waals surface area (Å²) in [7, 11) is 0. The van der Waals surface area contributed by atoms with Gasteiger partial charge in [-0.15, -0.1) is 0 Å². The normalized spacial score (nSPS) is 12.6. The molecule has 0 unspecified atom stereocenters. The molecular formula is C36H44BrP. The van der Waals surface area contributed by atoms with Crippen LogP contribution in [0.2, 0.25) is 0 Å². The van der Waals surface area contributed by atoms with Gasteiger partial charge in [0.2, 0.25) is 0 Å². The molecule has 0 spiro atoms. The van der Waals surface area contributed by atoms with Crippen molar-refractivity contribution in [1.82, 2.24) is 0 Å². The summed E-state index contributed by atoms with van der Waals surface area (Å²) in [6.07, 6.45) is 15.2. The van der Waals surface area contributed by atoms with Gasteiger partial charge < -0.3 is 0 Å². The third-order valence-electron chi connectivity index (χ3n) is 8.10. The second-order valence-corrected chi connectivity index (χ2v) is 22.5. The molecule has 0 nitrogen and oxygen atoms in total. The van der Waals surface area contributed by atoms with E-state index in [2.05, 4.69) is 121 Å². The van der Waals surface area contributed by atoms with Crippen LogP contribution in [0.4, 0.5) is 0 Å². The molecule has 0 aliphatic rings. The molecular weight excluding hydrogens is 543 g/mol. The molecule has 0 saturated heterocycles. The fourth-order valence-electron chi connectivity index (χ4n) is 5.96. The Morgan fingerprint density at radius 1 is 0.342 bits per heavy atom. The van der Waals surface area contributed by atoms with Gasteiger partial charge in [-0.2, -0.15) is 0 Å². The summed E-state index contributed by atoms with van der Waals surface area (Å²) in [6, 6.07) is 44.3. The number of benzene rings is 4. The van der Waals surface area contributed by atoms with Gasteiger partial charge in [-0.25, -0.2) is 0 Å². The molecule has 0 aromatic heterocycles. The van der Waals surface area contributed by atoms with Crippen molar-refractivity contribution in [2.24, 2.45) is 0 Å². The Labute approximate surface area is 239 Å². The predicted molar refractivity (Wildman–Crippen MR) is 174 cm³/mol. The second-order valence-electron chi connectivity index (χ2n) is 11.1. The summed E-state index contributed by atoms with van der Waals surface area (Å²) < 4.78 is 0. The summed E-state index contributed by atoms with van der Waals surface area (Å²) in [5.41, 5.74) is 5.90. The van der Waals surface area contributed by atoms with E-state index in [1.165, 1.54) is 98.3 Å². The molecule has 0 aliphatic carbocycles. The Morgan fingerprint density at radius 3 is 0.763 bits per heavy atom. The SMILES string of the molecule is BrP(CCCc1ccccc1)(CCCc1ccccc1)(CCCc1ccccc1)CCCc1ccccc1. The predicted octanol–water partition coefficient (Wildman–Crippen LogP) is 10.4. The summed E-state index contributed by atoms with van der Waals surface area (Å²) in [6.45, 7) is 0. The molecule has 0 aliphatic heterocycles. The summed E-state index contributed by atoms with van der Waals surface area (Å²) >= 11 is 4.72. The van der Waals surface area contributed by atoms with Crippen molar-refractivity contribution in [3.05, 3.63) is 144 Å². The standard InChI is InChI=1S/C36H44BrP/c37-38(29-13-25-33-17-5-1-6-18-33,30-14-26-34-19-7-2-8-20-34,31-15-27-35-21-9-3-10-22-35)32-16-28-36-23-11-4-12-24-36/h1-12,17-24H,13-16,25-32H2. The third kappa shape index (κ3) is 9.52. The Kier molecular flexibility index (Phi) is 11.2. The molecule has 0 amide bonds. The van der Waals surface area contributed by atoms with Crippen LogP contribution in [0.5, 0.6) is 0 Å². The van der Waals surface area contributed by atoms with Crippen molar-refractivity contribution in [2.45, 2.75) is 51.4 Å². The molecule has 4 aromatic carbocycles. The molecule has 0 radical (unpaired) electrons. The molecule has 0 saturated carbocycles. The Bertz CT molecular complexity index is 982. The van der Waals surface area contributed by atoms with Crippen LogP contribution in [0, 0.1) is 0 Å². The van der Waals surface area contributed by atoms with Crippen molar-refractivity contribution < 1.29 is 0 Å². The zero-order chi connectivity index (χ0) is 26.4. The van der Waals surface area contributed by atoms with Gasteiger partial charge in [0.1, 0.15) is 0 Å². The van der Waals surface area contributed by atoms with E-state index in [9.17, 15) is 0 Å². The fourth-order valence-corrected chi connectivity index (χ4v) is 14.1. The summed E-state index contributed by atoms with van der Waals surface area (Å²) in [4.78, 5) is 0. The van der Waals surface area contributed by atoms with Crippen LogP contribution in [-0.2, 0) is 25.7 Å². The summed E-state index contributed by atoms with van der Waals surface area (Å²) in [5, 5.41) is -2.10. The molecule has 0 bridgehead atoms. The molecule has 0 heterocycles. The first kappa shape index (κ1) is 28.8. The average Bonchev–Trinajstić information content (AvgIpc) is 2.96. The Balaban J connectivity index is 1.50. The van der Waals surface area contributed by atoms with Crippen LogP contribution in [0.25, 0.3) is 0 Å². The quantitative estimate of drug-likeness (QED) is 0.114. The van der Waals surface area contributed by atoms with Gasteiger partial charge in [-0.05, 0) is 0 Å². The molecule has 2 heteroatoms. The maximum atomic E-state index is 4.72. The third-order valence-corrected chi connectivity index (χ3v) is 18.1. The first-order valence-corrected chi connectivity index (χ1v) is 19.5. The van der Waals surface area contributed by atoms with Gasteiger partial charge in [0.05, 0.1) is 0 Å². The van der Waals surface area contributed by atoms with E-state index < -0.39 is 5.31 Å². The Hall–Kier alpha value is -2.21. The molecule has 200 valence electrons. The number of hydrogen-bond acceptors (Lipinski definition) is 0. The topological polar surface area (TPSA) is 0 Å². The van der Waals surface area contributed by atoms with E-state index in [1.807, 2.05) is 0 Å². The van der Waals surface area contributed by atoms with Crippen molar-refractivity contribution in [1.29, 1.82) is 0 Å². The van der Waals surface area contributed by atoms with Gasteiger partial charge in [-0.3, -0.25) is 0 Å². The minimum absolute atomic E-state index is 1.18. The molecule has 0 fully saturated rings. The maximum absolute atomic E-state index is 4.72.